The Bertz CT molecular complexity index is 282. The highest BCUT2D eigenvalue weighted by atomic mass is 15.0. The van der Waals surface area contributed by atoms with Crippen molar-refractivity contribution in [3.8, 4) is 0 Å². The summed E-state index contributed by atoms with van der Waals surface area (Å²) >= 11 is 0. The summed E-state index contributed by atoms with van der Waals surface area (Å²) in [7, 11) is 0. The van der Waals surface area contributed by atoms with E-state index >= 15 is 0 Å². The van der Waals surface area contributed by atoms with E-state index in [0.717, 1.165) is 18.4 Å². The maximum absolute atomic E-state index is 4.18. The lowest BCUT2D eigenvalue weighted by Gasteiger charge is -2.22. The van der Waals surface area contributed by atoms with Crippen molar-refractivity contribution in [1.82, 2.24) is 10.3 Å². The molecule has 0 saturated carbocycles. The highest BCUT2D eigenvalue weighted by molar-refractivity contribution is 5.16. The Kier molecular flexibility index (Phi) is 2.82. The topological polar surface area (TPSA) is 24.9 Å². The molecule has 0 spiro atoms. The van der Waals surface area contributed by atoms with Crippen molar-refractivity contribution >= 4 is 0 Å². The van der Waals surface area contributed by atoms with E-state index in [0.29, 0.717) is 6.04 Å². The van der Waals surface area contributed by atoms with Gasteiger partial charge in [0.25, 0.3) is 0 Å². The zero-order valence-corrected chi connectivity index (χ0v) is 8.90. The van der Waals surface area contributed by atoms with Crippen LogP contribution in [0.5, 0.6) is 0 Å². The van der Waals surface area contributed by atoms with Gasteiger partial charge in [0.05, 0.1) is 0 Å². The van der Waals surface area contributed by atoms with Gasteiger partial charge in [-0.15, -0.1) is 0 Å². The lowest BCUT2D eigenvalue weighted by Crippen LogP contribution is -2.20. The number of hydrogen-bond donors (Lipinski definition) is 1. The summed E-state index contributed by atoms with van der Waals surface area (Å²) in [5.41, 5.74) is 1.34. The number of aromatic nitrogens is 1. The molecule has 1 aromatic heterocycles. The standard InChI is InChI=1S/C12H18N2/c1-9(2)11-5-7-14-12(11)10-4-3-6-13-8-10/h3-4,6,8-9,11-12,14H,5,7H2,1-2H3/t11-,12-/m1/s1. The minimum absolute atomic E-state index is 0.517. The highest BCUT2D eigenvalue weighted by Gasteiger charge is 2.30. The van der Waals surface area contributed by atoms with Crippen LogP contribution in [0.2, 0.25) is 0 Å². The third kappa shape index (κ3) is 1.80. The van der Waals surface area contributed by atoms with Crippen molar-refractivity contribution in [2.45, 2.75) is 26.3 Å². The predicted octanol–water partition coefficient (Wildman–Crippen LogP) is 2.39. The molecule has 1 fully saturated rings. The second kappa shape index (κ2) is 4.09. The minimum Gasteiger partial charge on any atom is -0.310 e. The average molecular weight is 190 g/mol. The first-order chi connectivity index (χ1) is 6.79. The molecule has 0 radical (unpaired) electrons. The van der Waals surface area contributed by atoms with Crippen LogP contribution in [-0.2, 0) is 0 Å². The Balaban J connectivity index is 2.18. The molecular weight excluding hydrogens is 172 g/mol. The lowest BCUT2D eigenvalue weighted by molar-refractivity contribution is 0.346. The molecule has 76 valence electrons. The Morgan fingerprint density at radius 2 is 2.36 bits per heavy atom. The zero-order valence-electron chi connectivity index (χ0n) is 8.90. The van der Waals surface area contributed by atoms with Crippen molar-refractivity contribution in [3.63, 3.8) is 0 Å². The smallest absolute Gasteiger partial charge is 0.0366 e. The summed E-state index contributed by atoms with van der Waals surface area (Å²) < 4.78 is 0. The molecule has 1 aliphatic heterocycles. The first-order valence-electron chi connectivity index (χ1n) is 5.42. The van der Waals surface area contributed by atoms with E-state index in [2.05, 4.69) is 30.2 Å². The van der Waals surface area contributed by atoms with Gasteiger partial charge in [-0.3, -0.25) is 4.98 Å². The van der Waals surface area contributed by atoms with Gasteiger partial charge in [0.2, 0.25) is 0 Å². The van der Waals surface area contributed by atoms with Crippen molar-refractivity contribution in [2.24, 2.45) is 11.8 Å². The van der Waals surface area contributed by atoms with Gasteiger partial charge in [0.15, 0.2) is 0 Å². The van der Waals surface area contributed by atoms with Crippen LogP contribution in [0, 0.1) is 11.8 Å². The molecule has 2 heteroatoms. The van der Waals surface area contributed by atoms with Gasteiger partial charge in [-0.2, -0.15) is 0 Å². The van der Waals surface area contributed by atoms with Gasteiger partial charge in [0.1, 0.15) is 0 Å². The minimum atomic E-state index is 0.517. The van der Waals surface area contributed by atoms with E-state index in [1.165, 1.54) is 12.0 Å². The van der Waals surface area contributed by atoms with Crippen LogP contribution in [0.1, 0.15) is 31.9 Å². The van der Waals surface area contributed by atoms with Crippen LogP contribution in [0.15, 0.2) is 24.5 Å². The fraction of sp³-hybridized carbons (Fsp3) is 0.583. The van der Waals surface area contributed by atoms with Crippen LogP contribution in [0.4, 0.5) is 0 Å². The fourth-order valence-electron chi connectivity index (χ4n) is 2.37. The number of nitrogens with zero attached hydrogens (tertiary/aromatic N) is 1. The first-order valence-corrected chi connectivity index (χ1v) is 5.42. The molecule has 0 bridgehead atoms. The summed E-state index contributed by atoms with van der Waals surface area (Å²) in [5.74, 6) is 1.51. The van der Waals surface area contributed by atoms with Gasteiger partial charge in [-0.05, 0) is 36.4 Å². The van der Waals surface area contributed by atoms with Crippen LogP contribution < -0.4 is 5.32 Å². The molecular formula is C12H18N2. The summed E-state index contributed by atoms with van der Waals surface area (Å²) in [6.07, 6.45) is 5.11. The van der Waals surface area contributed by atoms with Gasteiger partial charge >= 0.3 is 0 Å². The fourth-order valence-corrected chi connectivity index (χ4v) is 2.37. The van der Waals surface area contributed by atoms with Crippen LogP contribution in [-0.4, -0.2) is 11.5 Å². The number of nitrogens with one attached hydrogen (secondary N) is 1. The van der Waals surface area contributed by atoms with Gasteiger partial charge < -0.3 is 5.32 Å². The summed E-state index contributed by atoms with van der Waals surface area (Å²) in [6.45, 7) is 5.75. The van der Waals surface area contributed by atoms with Crippen LogP contribution in [0.25, 0.3) is 0 Å². The van der Waals surface area contributed by atoms with E-state index in [9.17, 15) is 0 Å². The number of pyridine rings is 1. The maximum Gasteiger partial charge on any atom is 0.0366 e. The van der Waals surface area contributed by atoms with Crippen molar-refractivity contribution in [3.05, 3.63) is 30.1 Å². The second-order valence-corrected chi connectivity index (χ2v) is 4.41. The van der Waals surface area contributed by atoms with E-state index < -0.39 is 0 Å². The highest BCUT2D eigenvalue weighted by Crippen LogP contribution is 2.34. The third-order valence-electron chi connectivity index (χ3n) is 3.17. The maximum atomic E-state index is 4.18. The molecule has 2 heterocycles. The number of rotatable bonds is 2. The third-order valence-corrected chi connectivity index (χ3v) is 3.17. The van der Waals surface area contributed by atoms with E-state index in [1.807, 2.05) is 18.5 Å². The van der Waals surface area contributed by atoms with Crippen molar-refractivity contribution in [2.75, 3.05) is 6.54 Å². The molecule has 1 aliphatic rings. The monoisotopic (exact) mass is 190 g/mol. The molecule has 14 heavy (non-hydrogen) atoms. The zero-order chi connectivity index (χ0) is 9.97. The summed E-state index contributed by atoms with van der Waals surface area (Å²) in [6, 6.07) is 4.71. The Labute approximate surface area is 85.7 Å². The Morgan fingerprint density at radius 3 is 3.00 bits per heavy atom. The van der Waals surface area contributed by atoms with Crippen molar-refractivity contribution < 1.29 is 0 Å². The molecule has 1 aromatic rings. The quantitative estimate of drug-likeness (QED) is 0.774. The summed E-state index contributed by atoms with van der Waals surface area (Å²) in [4.78, 5) is 4.18. The van der Waals surface area contributed by atoms with E-state index in [-0.39, 0.29) is 0 Å². The predicted molar refractivity (Wildman–Crippen MR) is 57.9 cm³/mol. The Hall–Kier alpha value is -0.890. The van der Waals surface area contributed by atoms with Crippen LogP contribution >= 0.6 is 0 Å². The summed E-state index contributed by atoms with van der Waals surface area (Å²) in [5, 5.41) is 3.56. The largest absolute Gasteiger partial charge is 0.310 e. The molecule has 1 saturated heterocycles. The number of hydrogen-bond acceptors (Lipinski definition) is 2. The lowest BCUT2D eigenvalue weighted by atomic mass is 9.86. The van der Waals surface area contributed by atoms with Gasteiger partial charge in [-0.1, -0.05) is 19.9 Å². The normalized spacial score (nSPS) is 27.1. The van der Waals surface area contributed by atoms with E-state index in [4.69, 9.17) is 0 Å². The van der Waals surface area contributed by atoms with Gasteiger partial charge in [-0.25, -0.2) is 0 Å². The average Bonchev–Trinajstić information content (AvgIpc) is 2.67. The Morgan fingerprint density at radius 1 is 1.50 bits per heavy atom. The van der Waals surface area contributed by atoms with E-state index in [1.54, 1.807) is 0 Å². The molecule has 0 aliphatic carbocycles. The molecule has 2 rings (SSSR count). The SMILES string of the molecule is CC(C)[C@H]1CCN[C@@H]1c1cccnc1. The molecule has 2 atom stereocenters. The van der Waals surface area contributed by atoms with Gasteiger partial charge in [0, 0.05) is 18.4 Å². The molecule has 0 aromatic carbocycles. The molecule has 2 nitrogen and oxygen atoms in total. The molecule has 0 unspecified atom stereocenters. The molecule has 1 N–H and O–H groups in total. The van der Waals surface area contributed by atoms with Crippen molar-refractivity contribution in [1.29, 1.82) is 0 Å². The second-order valence-electron chi connectivity index (χ2n) is 4.41. The first kappa shape index (κ1) is 9.66. The van der Waals surface area contributed by atoms with Crippen LogP contribution in [0.3, 0.4) is 0 Å². The molecule has 0 amide bonds.